The highest BCUT2D eigenvalue weighted by molar-refractivity contribution is 6.30. The number of anilines is 1. The first kappa shape index (κ1) is 20.5. The van der Waals surface area contributed by atoms with E-state index in [1.807, 2.05) is 0 Å². The second-order valence-electron chi connectivity index (χ2n) is 6.01. The number of carbonyl (C=O) groups excluding carboxylic acids is 3. The van der Waals surface area contributed by atoms with Crippen molar-refractivity contribution < 1.29 is 19.1 Å². The Morgan fingerprint density at radius 1 is 1.04 bits per heavy atom. The van der Waals surface area contributed by atoms with E-state index in [1.165, 1.54) is 14.0 Å². The molecule has 1 atom stereocenters. The zero-order valence-corrected chi connectivity index (χ0v) is 15.9. The molecule has 0 aliphatic rings. The smallest absolute Gasteiger partial charge is 0.307 e. The minimum atomic E-state index is -0.513. The number of benzene rings is 2. The minimum absolute atomic E-state index is 0.0192. The van der Waals surface area contributed by atoms with Crippen molar-refractivity contribution in [2.24, 2.45) is 0 Å². The molecule has 2 aromatic carbocycles. The van der Waals surface area contributed by atoms with E-state index in [0.717, 1.165) is 11.1 Å². The fourth-order valence-electron chi connectivity index (χ4n) is 2.54. The fraction of sp³-hybridized carbons (Fsp3) is 0.250. The first-order valence-electron chi connectivity index (χ1n) is 8.35. The summed E-state index contributed by atoms with van der Waals surface area (Å²) >= 11 is 5.90. The van der Waals surface area contributed by atoms with Crippen LogP contribution in [0.5, 0.6) is 0 Å². The normalized spacial score (nSPS) is 11.4. The second kappa shape index (κ2) is 9.73. The van der Waals surface area contributed by atoms with E-state index in [-0.39, 0.29) is 24.7 Å². The molecule has 2 amide bonds. The molecule has 142 valence electrons. The summed E-state index contributed by atoms with van der Waals surface area (Å²) in [6.45, 7) is 1.43. The maximum Gasteiger partial charge on any atom is 0.307 e. The Morgan fingerprint density at radius 2 is 1.67 bits per heavy atom. The molecule has 2 rings (SSSR count). The van der Waals surface area contributed by atoms with Crippen LogP contribution in [0.4, 0.5) is 5.69 Å². The molecule has 2 aromatic rings. The highest BCUT2D eigenvalue weighted by Gasteiger charge is 2.19. The van der Waals surface area contributed by atoms with Crippen LogP contribution in [0.2, 0.25) is 5.02 Å². The molecular weight excluding hydrogens is 368 g/mol. The number of rotatable bonds is 7. The van der Waals surface area contributed by atoms with Gasteiger partial charge in [0.05, 0.1) is 26.0 Å². The second-order valence-corrected chi connectivity index (χ2v) is 6.44. The molecule has 0 aromatic heterocycles. The van der Waals surface area contributed by atoms with Crippen LogP contribution in [0, 0.1) is 0 Å². The van der Waals surface area contributed by atoms with E-state index in [2.05, 4.69) is 10.6 Å². The Kier molecular flexibility index (Phi) is 7.37. The summed E-state index contributed by atoms with van der Waals surface area (Å²) < 4.78 is 4.72. The lowest BCUT2D eigenvalue weighted by atomic mass is 10.0. The summed E-state index contributed by atoms with van der Waals surface area (Å²) in [7, 11) is 1.31. The van der Waals surface area contributed by atoms with Gasteiger partial charge in [0, 0.05) is 17.6 Å². The quantitative estimate of drug-likeness (QED) is 0.713. The maximum absolute atomic E-state index is 12.4. The maximum atomic E-state index is 12.4. The van der Waals surface area contributed by atoms with Crippen molar-refractivity contribution in [1.29, 1.82) is 0 Å². The summed E-state index contributed by atoms with van der Waals surface area (Å²) in [5, 5.41) is 6.10. The first-order valence-corrected chi connectivity index (χ1v) is 8.73. The van der Waals surface area contributed by atoms with Gasteiger partial charge in [0.25, 0.3) is 0 Å². The van der Waals surface area contributed by atoms with Crippen LogP contribution in [0.15, 0.2) is 48.5 Å². The molecule has 2 N–H and O–H groups in total. The number of amides is 2. The van der Waals surface area contributed by atoms with Crippen LogP contribution in [0.25, 0.3) is 0 Å². The van der Waals surface area contributed by atoms with Gasteiger partial charge in [-0.2, -0.15) is 0 Å². The molecule has 0 saturated heterocycles. The van der Waals surface area contributed by atoms with Crippen molar-refractivity contribution in [1.82, 2.24) is 5.32 Å². The lowest BCUT2D eigenvalue weighted by molar-refractivity contribution is -0.141. The summed E-state index contributed by atoms with van der Waals surface area (Å²) in [6, 6.07) is 13.4. The van der Waals surface area contributed by atoms with Crippen molar-refractivity contribution >= 4 is 35.1 Å². The Balaban J connectivity index is 2.05. The summed E-state index contributed by atoms with van der Waals surface area (Å²) in [4.78, 5) is 35.2. The fourth-order valence-corrected chi connectivity index (χ4v) is 2.66. The van der Waals surface area contributed by atoms with Gasteiger partial charge in [0.1, 0.15) is 0 Å². The Morgan fingerprint density at radius 3 is 2.22 bits per heavy atom. The number of esters is 1. The third-order valence-corrected chi connectivity index (χ3v) is 4.10. The molecule has 0 saturated carbocycles. The average molecular weight is 389 g/mol. The average Bonchev–Trinajstić information content (AvgIpc) is 2.63. The molecule has 0 heterocycles. The highest BCUT2D eigenvalue weighted by atomic mass is 35.5. The third-order valence-electron chi connectivity index (χ3n) is 3.85. The summed E-state index contributed by atoms with van der Waals surface area (Å²) in [5.41, 5.74) is 2.21. The zero-order chi connectivity index (χ0) is 19.8. The molecule has 0 aliphatic heterocycles. The monoisotopic (exact) mass is 388 g/mol. The van der Waals surface area contributed by atoms with Gasteiger partial charge in [-0.25, -0.2) is 0 Å². The molecule has 6 nitrogen and oxygen atoms in total. The van der Waals surface area contributed by atoms with Crippen LogP contribution >= 0.6 is 11.6 Å². The Bertz CT molecular complexity index is 804. The summed E-state index contributed by atoms with van der Waals surface area (Å²) in [6.07, 6.45) is 0.164. The predicted molar refractivity (Wildman–Crippen MR) is 103 cm³/mol. The van der Waals surface area contributed by atoms with Gasteiger partial charge in [-0.3, -0.25) is 14.4 Å². The topological polar surface area (TPSA) is 84.5 Å². The van der Waals surface area contributed by atoms with E-state index in [4.69, 9.17) is 16.3 Å². The van der Waals surface area contributed by atoms with Crippen LogP contribution < -0.4 is 10.6 Å². The van der Waals surface area contributed by atoms with Gasteiger partial charge in [-0.05, 0) is 35.4 Å². The molecule has 0 spiro atoms. The number of hydrogen-bond acceptors (Lipinski definition) is 4. The first-order chi connectivity index (χ1) is 12.9. The van der Waals surface area contributed by atoms with Crippen molar-refractivity contribution in [2.45, 2.75) is 25.8 Å². The van der Waals surface area contributed by atoms with Gasteiger partial charge in [0.15, 0.2) is 0 Å². The molecule has 1 unspecified atom stereocenters. The van der Waals surface area contributed by atoms with Crippen LogP contribution in [0.3, 0.4) is 0 Å². The molecule has 7 heteroatoms. The summed E-state index contributed by atoms with van der Waals surface area (Å²) in [5.74, 6) is -0.810. The third kappa shape index (κ3) is 6.75. The molecule has 0 fully saturated rings. The Hall–Kier alpha value is -2.86. The van der Waals surface area contributed by atoms with E-state index < -0.39 is 12.0 Å². The van der Waals surface area contributed by atoms with Gasteiger partial charge >= 0.3 is 5.97 Å². The molecule has 0 radical (unpaired) electrons. The standard InChI is InChI=1S/C20H21ClN2O4/c1-13(24)22-17-9-3-14(4-10-17)11-19(25)23-18(12-20(26)27-2)15-5-7-16(21)8-6-15/h3-10,18H,11-12H2,1-2H3,(H,22,24)(H,23,25). The van der Waals surface area contributed by atoms with Crippen LogP contribution in [0.1, 0.15) is 30.5 Å². The van der Waals surface area contributed by atoms with Gasteiger partial charge < -0.3 is 15.4 Å². The highest BCUT2D eigenvalue weighted by Crippen LogP contribution is 2.20. The zero-order valence-electron chi connectivity index (χ0n) is 15.1. The van der Waals surface area contributed by atoms with Gasteiger partial charge in [-0.1, -0.05) is 35.9 Å². The molecule has 0 aliphatic carbocycles. The number of methoxy groups -OCH3 is 1. The molecular formula is C20H21ClN2O4. The number of halogens is 1. The van der Waals surface area contributed by atoms with E-state index in [9.17, 15) is 14.4 Å². The molecule has 0 bridgehead atoms. The van der Waals surface area contributed by atoms with Crippen molar-refractivity contribution in [3.05, 3.63) is 64.7 Å². The minimum Gasteiger partial charge on any atom is -0.469 e. The van der Waals surface area contributed by atoms with Crippen molar-refractivity contribution in [3.63, 3.8) is 0 Å². The van der Waals surface area contributed by atoms with E-state index in [0.29, 0.717) is 10.7 Å². The number of hydrogen-bond donors (Lipinski definition) is 2. The largest absolute Gasteiger partial charge is 0.469 e. The van der Waals surface area contributed by atoms with Crippen molar-refractivity contribution in [2.75, 3.05) is 12.4 Å². The van der Waals surface area contributed by atoms with Crippen molar-refractivity contribution in [3.8, 4) is 0 Å². The van der Waals surface area contributed by atoms with Gasteiger partial charge in [-0.15, -0.1) is 0 Å². The van der Waals surface area contributed by atoms with Crippen LogP contribution in [-0.4, -0.2) is 24.9 Å². The SMILES string of the molecule is COC(=O)CC(NC(=O)Cc1ccc(NC(C)=O)cc1)c1ccc(Cl)cc1. The Labute approximate surface area is 162 Å². The predicted octanol–water partition coefficient (Wildman–Crippen LogP) is 3.26. The van der Waals surface area contributed by atoms with Gasteiger partial charge in [0.2, 0.25) is 11.8 Å². The lowest BCUT2D eigenvalue weighted by Crippen LogP contribution is -2.31. The lowest BCUT2D eigenvalue weighted by Gasteiger charge is -2.18. The number of nitrogens with one attached hydrogen (secondary N) is 2. The van der Waals surface area contributed by atoms with E-state index in [1.54, 1.807) is 48.5 Å². The van der Waals surface area contributed by atoms with Crippen LogP contribution in [-0.2, 0) is 25.5 Å². The number of ether oxygens (including phenoxy) is 1. The molecule has 27 heavy (non-hydrogen) atoms. The van der Waals surface area contributed by atoms with E-state index >= 15 is 0 Å². The number of carbonyl (C=O) groups is 3.